The van der Waals surface area contributed by atoms with Gasteiger partial charge in [0.1, 0.15) is 0 Å². The number of nitrogens with zero attached hydrogens (tertiary/aromatic N) is 2. The number of benzene rings is 2. The Morgan fingerprint density at radius 1 is 1.00 bits per heavy atom. The van der Waals surface area contributed by atoms with Crippen LogP contribution in [0.1, 0.15) is 35.5 Å². The van der Waals surface area contributed by atoms with E-state index in [9.17, 15) is 22.8 Å². The maximum absolute atomic E-state index is 12.7. The quantitative estimate of drug-likeness (QED) is 0.595. The van der Waals surface area contributed by atoms with Crippen molar-refractivity contribution in [1.82, 2.24) is 9.78 Å². The second-order valence-corrected chi connectivity index (χ2v) is 7.32. The molecule has 0 saturated carbocycles. The summed E-state index contributed by atoms with van der Waals surface area (Å²) in [6, 6.07) is 12.1. The Morgan fingerprint density at radius 2 is 1.68 bits per heavy atom. The molecule has 0 unspecified atom stereocenters. The summed E-state index contributed by atoms with van der Waals surface area (Å²) < 4.78 is 39.2. The minimum Gasteiger partial charge on any atom is -0.326 e. The first-order valence-corrected chi connectivity index (χ1v) is 9.51. The summed E-state index contributed by atoms with van der Waals surface area (Å²) in [6.07, 6.45) is -3.32. The van der Waals surface area contributed by atoms with Crippen LogP contribution < -0.4 is 10.6 Å². The monoisotopic (exact) mass is 430 g/mol. The number of aryl methyl sites for hydroxylation is 1. The predicted molar refractivity (Wildman–Crippen MR) is 111 cm³/mol. The highest BCUT2D eigenvalue weighted by Gasteiger charge is 2.33. The van der Waals surface area contributed by atoms with Crippen molar-refractivity contribution >= 4 is 23.2 Å². The van der Waals surface area contributed by atoms with Gasteiger partial charge in [0.05, 0.1) is 5.69 Å². The van der Waals surface area contributed by atoms with Gasteiger partial charge in [-0.15, -0.1) is 0 Å². The number of alkyl halides is 3. The number of hydrogen-bond donors (Lipinski definition) is 2. The fraction of sp³-hybridized carbons (Fsp3) is 0.227. The Hall–Kier alpha value is -3.62. The standard InChI is InChI=1S/C22H21F3N4O2/c1-13(2)20(30)26-16-7-4-14(3)18(12-16)27-21(31)15-5-8-17(9-6-15)29-11-10-19(28-29)22(23,24)25/h4-13H,1-3H3,(H,26,30)(H,27,31). The zero-order chi connectivity index (χ0) is 22.8. The zero-order valence-corrected chi connectivity index (χ0v) is 17.1. The van der Waals surface area contributed by atoms with Gasteiger partial charge in [0.25, 0.3) is 5.91 Å². The Kier molecular flexibility index (Phi) is 6.14. The Bertz CT molecular complexity index is 1100. The molecule has 0 saturated heterocycles. The second kappa shape index (κ2) is 8.63. The van der Waals surface area contributed by atoms with Crippen molar-refractivity contribution in [3.05, 3.63) is 71.5 Å². The molecule has 1 aromatic heterocycles. The molecular formula is C22H21F3N4O2. The first-order chi connectivity index (χ1) is 14.5. The Labute approximate surface area is 177 Å². The highest BCUT2D eigenvalue weighted by Crippen LogP contribution is 2.28. The number of amides is 2. The van der Waals surface area contributed by atoms with Gasteiger partial charge in [0.2, 0.25) is 5.91 Å². The molecule has 6 nitrogen and oxygen atoms in total. The SMILES string of the molecule is Cc1ccc(NC(=O)C(C)C)cc1NC(=O)c1ccc(-n2ccc(C(F)(F)F)n2)cc1. The number of nitrogens with one attached hydrogen (secondary N) is 2. The molecule has 2 N–H and O–H groups in total. The fourth-order valence-corrected chi connectivity index (χ4v) is 2.70. The van der Waals surface area contributed by atoms with Crippen LogP contribution >= 0.6 is 0 Å². The maximum atomic E-state index is 12.7. The van der Waals surface area contributed by atoms with E-state index in [4.69, 9.17) is 0 Å². The smallest absolute Gasteiger partial charge is 0.326 e. The zero-order valence-electron chi connectivity index (χ0n) is 17.1. The fourth-order valence-electron chi connectivity index (χ4n) is 2.70. The normalized spacial score (nSPS) is 11.5. The summed E-state index contributed by atoms with van der Waals surface area (Å²) in [4.78, 5) is 24.5. The summed E-state index contributed by atoms with van der Waals surface area (Å²) in [5, 5.41) is 9.08. The molecule has 0 fully saturated rings. The number of carbonyl (C=O) groups is 2. The average molecular weight is 430 g/mol. The molecule has 0 aliphatic rings. The van der Waals surface area contributed by atoms with Crippen LogP contribution in [0.3, 0.4) is 0 Å². The van der Waals surface area contributed by atoms with Crippen molar-refractivity contribution in [2.24, 2.45) is 5.92 Å². The van der Waals surface area contributed by atoms with Gasteiger partial charge in [-0.05, 0) is 55.0 Å². The van der Waals surface area contributed by atoms with Crippen molar-refractivity contribution in [3.63, 3.8) is 0 Å². The lowest BCUT2D eigenvalue weighted by atomic mass is 10.1. The summed E-state index contributed by atoms with van der Waals surface area (Å²) in [5.41, 5.74) is 1.63. The average Bonchev–Trinajstić information content (AvgIpc) is 3.21. The van der Waals surface area contributed by atoms with E-state index in [0.717, 1.165) is 16.3 Å². The molecule has 2 amide bonds. The molecular weight excluding hydrogens is 409 g/mol. The molecule has 0 radical (unpaired) electrons. The minimum absolute atomic E-state index is 0.135. The Balaban J connectivity index is 1.74. The number of aromatic nitrogens is 2. The lowest BCUT2D eigenvalue weighted by Gasteiger charge is -2.13. The van der Waals surface area contributed by atoms with Gasteiger partial charge >= 0.3 is 6.18 Å². The number of anilines is 2. The molecule has 162 valence electrons. The highest BCUT2D eigenvalue weighted by molar-refractivity contribution is 6.05. The third-order valence-corrected chi connectivity index (χ3v) is 4.55. The van der Waals surface area contributed by atoms with E-state index < -0.39 is 17.8 Å². The minimum atomic E-state index is -4.52. The third kappa shape index (κ3) is 5.30. The lowest BCUT2D eigenvalue weighted by Crippen LogP contribution is -2.18. The van der Waals surface area contributed by atoms with Crippen LogP contribution in [0.15, 0.2) is 54.7 Å². The topological polar surface area (TPSA) is 76.0 Å². The van der Waals surface area contributed by atoms with Gasteiger partial charge < -0.3 is 10.6 Å². The van der Waals surface area contributed by atoms with E-state index in [1.165, 1.54) is 30.5 Å². The van der Waals surface area contributed by atoms with E-state index in [-0.39, 0.29) is 11.8 Å². The molecule has 31 heavy (non-hydrogen) atoms. The van der Waals surface area contributed by atoms with E-state index in [0.29, 0.717) is 22.6 Å². The molecule has 0 atom stereocenters. The molecule has 3 aromatic rings. The van der Waals surface area contributed by atoms with Crippen LogP contribution in [-0.2, 0) is 11.0 Å². The van der Waals surface area contributed by atoms with Gasteiger partial charge in [-0.1, -0.05) is 19.9 Å². The van der Waals surface area contributed by atoms with E-state index in [2.05, 4.69) is 15.7 Å². The number of carbonyl (C=O) groups excluding carboxylic acids is 2. The van der Waals surface area contributed by atoms with Crippen LogP contribution in [0.25, 0.3) is 5.69 Å². The first-order valence-electron chi connectivity index (χ1n) is 9.51. The molecule has 9 heteroatoms. The molecule has 0 aliphatic heterocycles. The number of rotatable bonds is 5. The second-order valence-electron chi connectivity index (χ2n) is 7.32. The number of halogens is 3. The van der Waals surface area contributed by atoms with Crippen LogP contribution in [0.2, 0.25) is 0 Å². The molecule has 0 aliphatic carbocycles. The lowest BCUT2D eigenvalue weighted by molar-refractivity contribution is -0.141. The summed E-state index contributed by atoms with van der Waals surface area (Å²) in [7, 11) is 0. The van der Waals surface area contributed by atoms with Gasteiger partial charge in [-0.2, -0.15) is 18.3 Å². The van der Waals surface area contributed by atoms with E-state index in [1.54, 1.807) is 32.0 Å². The van der Waals surface area contributed by atoms with Crippen molar-refractivity contribution in [2.45, 2.75) is 26.9 Å². The summed E-state index contributed by atoms with van der Waals surface area (Å²) in [6.45, 7) is 5.38. The van der Waals surface area contributed by atoms with Crippen LogP contribution in [-0.4, -0.2) is 21.6 Å². The van der Waals surface area contributed by atoms with Crippen molar-refractivity contribution < 1.29 is 22.8 Å². The highest BCUT2D eigenvalue weighted by atomic mass is 19.4. The van der Waals surface area contributed by atoms with Crippen molar-refractivity contribution in [2.75, 3.05) is 10.6 Å². The largest absolute Gasteiger partial charge is 0.435 e. The first kappa shape index (κ1) is 22.1. The summed E-state index contributed by atoms with van der Waals surface area (Å²) >= 11 is 0. The van der Waals surface area contributed by atoms with Crippen molar-refractivity contribution in [1.29, 1.82) is 0 Å². The van der Waals surface area contributed by atoms with Crippen LogP contribution in [0.5, 0.6) is 0 Å². The van der Waals surface area contributed by atoms with Gasteiger partial charge in [0, 0.05) is 29.1 Å². The molecule has 2 aromatic carbocycles. The molecule has 1 heterocycles. The Morgan fingerprint density at radius 3 is 2.26 bits per heavy atom. The third-order valence-electron chi connectivity index (χ3n) is 4.55. The van der Waals surface area contributed by atoms with Gasteiger partial charge in [-0.3, -0.25) is 9.59 Å². The van der Waals surface area contributed by atoms with Crippen LogP contribution in [0.4, 0.5) is 24.5 Å². The van der Waals surface area contributed by atoms with E-state index >= 15 is 0 Å². The van der Waals surface area contributed by atoms with Gasteiger partial charge in [-0.25, -0.2) is 4.68 Å². The van der Waals surface area contributed by atoms with Crippen LogP contribution in [0, 0.1) is 12.8 Å². The van der Waals surface area contributed by atoms with Crippen molar-refractivity contribution in [3.8, 4) is 5.69 Å². The predicted octanol–water partition coefficient (Wildman–Crippen LogP) is 5.05. The summed E-state index contributed by atoms with van der Waals surface area (Å²) in [5.74, 6) is -0.706. The molecule has 0 bridgehead atoms. The molecule has 0 spiro atoms. The molecule has 3 rings (SSSR count). The van der Waals surface area contributed by atoms with Gasteiger partial charge in [0.15, 0.2) is 5.69 Å². The maximum Gasteiger partial charge on any atom is 0.435 e. The van der Waals surface area contributed by atoms with E-state index in [1.807, 2.05) is 6.92 Å². The number of hydrogen-bond acceptors (Lipinski definition) is 3.